The molecular formula is C14H18N4O2. The number of rotatable bonds is 4. The minimum absolute atomic E-state index is 0.0821. The van der Waals surface area contributed by atoms with Crippen LogP contribution in [0.25, 0.3) is 0 Å². The summed E-state index contributed by atoms with van der Waals surface area (Å²) < 4.78 is 2.63. The molecule has 20 heavy (non-hydrogen) atoms. The molecule has 0 aliphatic rings. The highest BCUT2D eigenvalue weighted by molar-refractivity contribution is 5.31. The zero-order chi connectivity index (χ0) is 14.7. The van der Waals surface area contributed by atoms with E-state index >= 15 is 0 Å². The molecule has 106 valence electrons. The van der Waals surface area contributed by atoms with Crippen LogP contribution in [0.2, 0.25) is 0 Å². The average Bonchev–Trinajstić information content (AvgIpc) is 2.41. The maximum atomic E-state index is 12.3. The number of pyridine rings is 1. The first-order valence-corrected chi connectivity index (χ1v) is 6.53. The molecular weight excluding hydrogens is 256 g/mol. The van der Waals surface area contributed by atoms with Crippen molar-refractivity contribution in [2.75, 3.05) is 5.73 Å². The van der Waals surface area contributed by atoms with Crippen molar-refractivity contribution in [1.82, 2.24) is 14.1 Å². The van der Waals surface area contributed by atoms with Crippen molar-refractivity contribution in [2.45, 2.75) is 33.4 Å². The second-order valence-electron chi connectivity index (χ2n) is 4.82. The summed E-state index contributed by atoms with van der Waals surface area (Å²) in [6.07, 6.45) is 5.58. The molecule has 0 unspecified atom stereocenters. The molecule has 0 bridgehead atoms. The molecule has 0 radical (unpaired) electrons. The standard InChI is InChI=1S/C14H18N4O2/c1-3-4-17-9-12(15)13(19)18(14(17)20)8-11-5-10(2)6-16-7-11/h5-7,9H,3-4,8,15H2,1-2H3. The monoisotopic (exact) mass is 274 g/mol. The lowest BCUT2D eigenvalue weighted by molar-refractivity contribution is 0.573. The fraction of sp³-hybridized carbons (Fsp3) is 0.357. The Hall–Kier alpha value is -2.37. The van der Waals surface area contributed by atoms with Gasteiger partial charge in [0.15, 0.2) is 0 Å². The van der Waals surface area contributed by atoms with Gasteiger partial charge in [0.1, 0.15) is 5.69 Å². The SMILES string of the molecule is CCCn1cc(N)c(=O)n(Cc2cncc(C)c2)c1=O. The first-order valence-electron chi connectivity index (χ1n) is 6.53. The lowest BCUT2D eigenvalue weighted by Gasteiger charge is -2.11. The van der Waals surface area contributed by atoms with Gasteiger partial charge in [-0.05, 0) is 24.5 Å². The Morgan fingerprint density at radius 1 is 1.30 bits per heavy atom. The molecule has 6 nitrogen and oxygen atoms in total. The first-order chi connectivity index (χ1) is 9.52. The Balaban J connectivity index is 2.51. The van der Waals surface area contributed by atoms with Crippen LogP contribution in [0.1, 0.15) is 24.5 Å². The highest BCUT2D eigenvalue weighted by atomic mass is 16.2. The Morgan fingerprint density at radius 2 is 2.05 bits per heavy atom. The van der Waals surface area contributed by atoms with Crippen molar-refractivity contribution < 1.29 is 0 Å². The zero-order valence-corrected chi connectivity index (χ0v) is 11.7. The molecule has 0 fully saturated rings. The third-order valence-electron chi connectivity index (χ3n) is 3.00. The number of nitrogens with two attached hydrogens (primary N) is 1. The van der Waals surface area contributed by atoms with Crippen LogP contribution in [0.5, 0.6) is 0 Å². The van der Waals surface area contributed by atoms with Crippen LogP contribution in [-0.4, -0.2) is 14.1 Å². The predicted octanol–water partition coefficient (Wildman–Crippen LogP) is 0.754. The van der Waals surface area contributed by atoms with Gasteiger partial charge in [-0.25, -0.2) is 4.79 Å². The van der Waals surface area contributed by atoms with E-state index in [4.69, 9.17) is 5.73 Å². The van der Waals surface area contributed by atoms with E-state index in [0.717, 1.165) is 22.1 Å². The highest BCUT2D eigenvalue weighted by Gasteiger charge is 2.09. The molecule has 6 heteroatoms. The van der Waals surface area contributed by atoms with Gasteiger partial charge in [-0.15, -0.1) is 0 Å². The van der Waals surface area contributed by atoms with E-state index in [0.29, 0.717) is 6.54 Å². The summed E-state index contributed by atoms with van der Waals surface area (Å²) in [6, 6.07) is 1.90. The minimum Gasteiger partial charge on any atom is -0.393 e. The van der Waals surface area contributed by atoms with Crippen LogP contribution in [0, 0.1) is 6.92 Å². The van der Waals surface area contributed by atoms with Crippen LogP contribution in [0.15, 0.2) is 34.2 Å². The molecule has 0 aliphatic carbocycles. The molecule has 2 heterocycles. The van der Waals surface area contributed by atoms with Crippen molar-refractivity contribution >= 4 is 5.69 Å². The molecule has 0 amide bonds. The number of hydrogen-bond donors (Lipinski definition) is 1. The summed E-state index contributed by atoms with van der Waals surface area (Å²) in [5.74, 6) is 0. The van der Waals surface area contributed by atoms with Crippen LogP contribution >= 0.6 is 0 Å². The van der Waals surface area contributed by atoms with E-state index in [2.05, 4.69) is 4.98 Å². The summed E-state index contributed by atoms with van der Waals surface area (Å²) in [5.41, 5.74) is 6.77. The summed E-state index contributed by atoms with van der Waals surface area (Å²) >= 11 is 0. The Labute approximate surface area is 116 Å². The summed E-state index contributed by atoms with van der Waals surface area (Å²) in [4.78, 5) is 28.4. The number of hydrogen-bond acceptors (Lipinski definition) is 4. The Bertz CT molecular complexity index is 731. The van der Waals surface area contributed by atoms with Gasteiger partial charge in [0.05, 0.1) is 6.54 Å². The van der Waals surface area contributed by atoms with Crippen molar-refractivity contribution in [3.63, 3.8) is 0 Å². The second kappa shape index (κ2) is 5.73. The zero-order valence-electron chi connectivity index (χ0n) is 11.7. The summed E-state index contributed by atoms with van der Waals surface area (Å²) in [7, 11) is 0. The molecule has 0 saturated carbocycles. The first kappa shape index (κ1) is 14.0. The average molecular weight is 274 g/mol. The van der Waals surface area contributed by atoms with E-state index in [-0.39, 0.29) is 17.9 Å². The van der Waals surface area contributed by atoms with Crippen LogP contribution < -0.4 is 17.0 Å². The van der Waals surface area contributed by atoms with Gasteiger partial charge < -0.3 is 5.73 Å². The second-order valence-corrected chi connectivity index (χ2v) is 4.82. The van der Waals surface area contributed by atoms with Gasteiger partial charge in [0.25, 0.3) is 5.56 Å². The number of anilines is 1. The van der Waals surface area contributed by atoms with Gasteiger partial charge in [-0.2, -0.15) is 0 Å². The number of aromatic nitrogens is 3. The lowest BCUT2D eigenvalue weighted by atomic mass is 10.2. The van der Waals surface area contributed by atoms with Crippen LogP contribution in [0.4, 0.5) is 5.69 Å². The van der Waals surface area contributed by atoms with Crippen molar-refractivity contribution in [1.29, 1.82) is 0 Å². The minimum atomic E-state index is -0.455. The van der Waals surface area contributed by atoms with Gasteiger partial charge in [-0.1, -0.05) is 13.0 Å². The normalized spacial score (nSPS) is 10.7. The van der Waals surface area contributed by atoms with E-state index in [1.807, 2.05) is 19.9 Å². The van der Waals surface area contributed by atoms with Crippen molar-refractivity contribution in [2.24, 2.45) is 0 Å². The Morgan fingerprint density at radius 3 is 2.70 bits per heavy atom. The molecule has 0 aliphatic heterocycles. The predicted molar refractivity (Wildman–Crippen MR) is 77.7 cm³/mol. The van der Waals surface area contributed by atoms with Crippen molar-refractivity contribution in [3.8, 4) is 0 Å². The third kappa shape index (κ3) is 2.79. The maximum Gasteiger partial charge on any atom is 0.331 e. The smallest absolute Gasteiger partial charge is 0.331 e. The fourth-order valence-electron chi connectivity index (χ4n) is 2.10. The van der Waals surface area contributed by atoms with Crippen LogP contribution in [-0.2, 0) is 13.1 Å². The molecule has 2 rings (SSSR count). The molecule has 0 saturated heterocycles. The number of nitrogens with zero attached hydrogens (tertiary/aromatic N) is 3. The summed E-state index contributed by atoms with van der Waals surface area (Å²) in [6.45, 7) is 4.59. The van der Waals surface area contributed by atoms with Gasteiger partial charge >= 0.3 is 5.69 Å². The maximum absolute atomic E-state index is 12.3. The topological polar surface area (TPSA) is 82.9 Å². The van der Waals surface area contributed by atoms with Gasteiger partial charge in [0, 0.05) is 25.1 Å². The molecule has 0 spiro atoms. The largest absolute Gasteiger partial charge is 0.393 e. The quantitative estimate of drug-likeness (QED) is 0.892. The Kier molecular flexibility index (Phi) is 4.02. The molecule has 0 aromatic carbocycles. The fourth-order valence-corrected chi connectivity index (χ4v) is 2.10. The molecule has 0 atom stereocenters. The van der Waals surface area contributed by atoms with Gasteiger partial charge in [0.2, 0.25) is 0 Å². The number of aryl methyl sites for hydroxylation is 2. The van der Waals surface area contributed by atoms with E-state index in [1.54, 1.807) is 12.4 Å². The van der Waals surface area contributed by atoms with Gasteiger partial charge in [-0.3, -0.25) is 18.9 Å². The molecule has 2 N–H and O–H groups in total. The summed E-state index contributed by atoms with van der Waals surface area (Å²) in [5, 5.41) is 0. The van der Waals surface area contributed by atoms with Crippen molar-refractivity contribution in [3.05, 3.63) is 56.6 Å². The van der Waals surface area contributed by atoms with E-state index in [9.17, 15) is 9.59 Å². The molecule has 2 aromatic heterocycles. The highest BCUT2D eigenvalue weighted by Crippen LogP contribution is 2.02. The van der Waals surface area contributed by atoms with Crippen LogP contribution in [0.3, 0.4) is 0 Å². The third-order valence-corrected chi connectivity index (χ3v) is 3.00. The van der Waals surface area contributed by atoms with E-state index in [1.165, 1.54) is 10.8 Å². The molecule has 2 aromatic rings. The lowest BCUT2D eigenvalue weighted by Crippen LogP contribution is -2.40. The number of nitrogen functional groups attached to an aromatic ring is 1. The van der Waals surface area contributed by atoms with E-state index < -0.39 is 5.56 Å².